The number of aliphatic hydroxyl groups is 2. The zero-order chi connectivity index (χ0) is 46.6. The fourth-order valence-corrected chi connectivity index (χ4v) is 8.31. The predicted molar refractivity (Wildman–Crippen MR) is 251 cm³/mol. The molecule has 0 radical (unpaired) electrons. The molecule has 6 atom stereocenters. The second-order valence-electron chi connectivity index (χ2n) is 18.6. The summed E-state index contributed by atoms with van der Waals surface area (Å²) in [5.74, 6) is -1.55. The molecule has 2 N–H and O–H groups in total. The number of ether oxygens (including phenoxy) is 2. The first-order valence-electron chi connectivity index (χ1n) is 24.8. The van der Waals surface area contributed by atoms with E-state index < -0.39 is 44.7 Å². The molecular weight excluding hydrogens is 822 g/mol. The summed E-state index contributed by atoms with van der Waals surface area (Å²) >= 11 is 0. The van der Waals surface area contributed by atoms with E-state index in [1.54, 1.807) is 6.08 Å². The van der Waals surface area contributed by atoms with E-state index in [-0.39, 0.29) is 50.1 Å². The van der Waals surface area contributed by atoms with Gasteiger partial charge in [-0.15, -0.1) is 0 Å². The molecule has 0 heterocycles. The van der Waals surface area contributed by atoms with Crippen molar-refractivity contribution in [1.29, 1.82) is 0 Å². The van der Waals surface area contributed by atoms with Crippen molar-refractivity contribution in [3.63, 3.8) is 0 Å². The van der Waals surface area contributed by atoms with Gasteiger partial charge in [0.1, 0.15) is 25.5 Å². The molecule has 13 heteroatoms. The molecule has 1 rings (SSSR count). The molecular formula is C50H90NO11P. The molecule has 0 aromatic heterocycles. The summed E-state index contributed by atoms with van der Waals surface area (Å²) in [7, 11) is 1.02. The highest BCUT2D eigenvalue weighted by atomic mass is 31.2. The van der Waals surface area contributed by atoms with Gasteiger partial charge in [0.2, 0.25) is 0 Å². The Labute approximate surface area is 382 Å². The van der Waals surface area contributed by atoms with E-state index in [1.807, 2.05) is 27.2 Å². The molecule has 12 nitrogen and oxygen atoms in total. The van der Waals surface area contributed by atoms with E-state index >= 15 is 0 Å². The van der Waals surface area contributed by atoms with Crippen LogP contribution in [0.25, 0.3) is 0 Å². The van der Waals surface area contributed by atoms with Crippen molar-refractivity contribution in [2.24, 2.45) is 11.8 Å². The minimum atomic E-state index is -4.70. The highest BCUT2D eigenvalue weighted by Gasteiger charge is 2.39. The fraction of sp³-hybridized carbons (Fsp3) is 0.820. The monoisotopic (exact) mass is 912 g/mol. The lowest BCUT2D eigenvalue weighted by Gasteiger charge is -2.28. The number of allylic oxidation sites excluding steroid dienone is 4. The molecule has 1 saturated carbocycles. The van der Waals surface area contributed by atoms with Gasteiger partial charge in [-0.1, -0.05) is 147 Å². The lowest BCUT2D eigenvalue weighted by Crippen LogP contribution is -2.37. The van der Waals surface area contributed by atoms with Crippen LogP contribution in [0, 0.1) is 11.8 Å². The number of esters is 2. The van der Waals surface area contributed by atoms with Crippen LogP contribution in [0.5, 0.6) is 0 Å². The van der Waals surface area contributed by atoms with E-state index in [2.05, 4.69) is 38.2 Å². The highest BCUT2D eigenvalue weighted by molar-refractivity contribution is 7.45. The van der Waals surface area contributed by atoms with Gasteiger partial charge in [-0.3, -0.25) is 18.9 Å². The summed E-state index contributed by atoms with van der Waals surface area (Å²) in [4.78, 5) is 50.5. The van der Waals surface area contributed by atoms with Crippen molar-refractivity contribution in [2.45, 2.75) is 206 Å². The highest BCUT2D eigenvalue weighted by Crippen LogP contribution is 2.38. The number of phosphoric acid groups is 1. The summed E-state index contributed by atoms with van der Waals surface area (Å²) in [5.41, 5.74) is 0. The number of likely N-dealkylation sites (N-methyl/N-ethyl adjacent to an activating group) is 1. The van der Waals surface area contributed by atoms with Crippen LogP contribution in [0.3, 0.4) is 0 Å². The third kappa shape index (κ3) is 33.9. The van der Waals surface area contributed by atoms with Gasteiger partial charge < -0.3 is 38.1 Å². The summed E-state index contributed by atoms with van der Waals surface area (Å²) in [6.45, 7) is 3.83. The average molecular weight is 912 g/mol. The number of quaternary nitrogens is 1. The van der Waals surface area contributed by atoms with Gasteiger partial charge in [0.05, 0.1) is 40.0 Å². The van der Waals surface area contributed by atoms with Gasteiger partial charge >= 0.3 is 11.9 Å². The SMILES string of the molecule is CCCCC/C=C\C/C=C\CCCCCCCCCCCC(=O)OC[C@H](COP(=O)([O-])OCC[N+](C)(C)C)OC(=O)CCCCCC[C@H]1C(=O)C[C@@H](O)[C@@H]1/C=C/[C@@H](O)CCCCC. The Morgan fingerprint density at radius 2 is 1.32 bits per heavy atom. The van der Waals surface area contributed by atoms with Crippen molar-refractivity contribution in [3.8, 4) is 0 Å². The second-order valence-corrected chi connectivity index (χ2v) is 20.0. The first kappa shape index (κ1) is 58.8. The number of carbonyl (C=O) groups is 3. The quantitative estimate of drug-likeness (QED) is 0.0197. The van der Waals surface area contributed by atoms with Crippen LogP contribution in [-0.2, 0) is 37.5 Å². The minimum Gasteiger partial charge on any atom is -0.756 e. The topological polar surface area (TPSA) is 169 Å². The molecule has 0 saturated heterocycles. The molecule has 1 fully saturated rings. The molecule has 0 amide bonds. The molecule has 0 aliphatic heterocycles. The van der Waals surface area contributed by atoms with Crippen molar-refractivity contribution < 1.29 is 57.1 Å². The van der Waals surface area contributed by atoms with E-state index in [1.165, 1.54) is 57.8 Å². The maximum Gasteiger partial charge on any atom is 0.306 e. The van der Waals surface area contributed by atoms with Gasteiger partial charge in [0.15, 0.2) is 6.10 Å². The maximum atomic E-state index is 12.8. The zero-order valence-corrected chi connectivity index (χ0v) is 41.1. The number of ketones is 1. The maximum absolute atomic E-state index is 12.8. The smallest absolute Gasteiger partial charge is 0.306 e. The van der Waals surface area contributed by atoms with Crippen molar-refractivity contribution in [3.05, 3.63) is 36.5 Å². The second kappa shape index (κ2) is 37.0. The van der Waals surface area contributed by atoms with Gasteiger partial charge in [-0.2, -0.15) is 0 Å². The number of rotatable bonds is 41. The number of carbonyl (C=O) groups excluding carboxylic acids is 3. The van der Waals surface area contributed by atoms with Crippen molar-refractivity contribution >= 4 is 25.5 Å². The number of phosphoric ester groups is 1. The molecule has 1 aliphatic carbocycles. The summed E-state index contributed by atoms with van der Waals surface area (Å²) in [6.07, 6.45) is 34.9. The van der Waals surface area contributed by atoms with Crippen LogP contribution in [0.2, 0.25) is 0 Å². The predicted octanol–water partition coefficient (Wildman–Crippen LogP) is 10.4. The minimum absolute atomic E-state index is 0.0411. The number of hydrogen-bond acceptors (Lipinski definition) is 11. The molecule has 0 aromatic carbocycles. The molecule has 63 heavy (non-hydrogen) atoms. The average Bonchev–Trinajstić information content (AvgIpc) is 3.50. The number of Topliss-reactive ketones (excluding diaryl/α,β-unsaturated/α-hetero) is 1. The Hall–Kier alpha value is -2.18. The van der Waals surface area contributed by atoms with Gasteiger partial charge in [0, 0.05) is 31.1 Å². The molecule has 366 valence electrons. The van der Waals surface area contributed by atoms with Gasteiger partial charge in [-0.05, 0) is 57.8 Å². The molecule has 1 aliphatic rings. The number of unbranched alkanes of at least 4 members (excludes halogenated alkanes) is 17. The van der Waals surface area contributed by atoms with E-state index in [0.717, 1.165) is 64.2 Å². The van der Waals surface area contributed by atoms with Gasteiger partial charge in [-0.25, -0.2) is 0 Å². The van der Waals surface area contributed by atoms with Crippen LogP contribution in [0.4, 0.5) is 0 Å². The van der Waals surface area contributed by atoms with E-state index in [0.29, 0.717) is 43.1 Å². The number of nitrogens with zero attached hydrogens (tertiary/aromatic N) is 1. The van der Waals surface area contributed by atoms with Crippen LogP contribution >= 0.6 is 7.82 Å². The molecule has 0 spiro atoms. The zero-order valence-electron chi connectivity index (χ0n) is 40.2. The van der Waals surface area contributed by atoms with Crippen LogP contribution in [0.15, 0.2) is 36.5 Å². The lowest BCUT2D eigenvalue weighted by atomic mass is 9.88. The van der Waals surface area contributed by atoms with E-state index in [9.17, 15) is 34.1 Å². The Kier molecular flexibility index (Phi) is 34.5. The Morgan fingerprint density at radius 1 is 0.762 bits per heavy atom. The third-order valence-electron chi connectivity index (χ3n) is 11.5. The molecule has 0 aromatic rings. The lowest BCUT2D eigenvalue weighted by molar-refractivity contribution is -0.870. The fourth-order valence-electron chi connectivity index (χ4n) is 7.58. The van der Waals surface area contributed by atoms with Gasteiger partial charge in [0.25, 0.3) is 7.82 Å². The normalized spacial score (nSPS) is 19.0. The first-order chi connectivity index (χ1) is 30.2. The number of hydrogen-bond donors (Lipinski definition) is 2. The standard InChI is InChI=1S/C50H90NO11P/c1-6-8-10-11-12-13-14-15-16-17-18-19-20-21-22-23-24-25-30-34-49(55)59-41-44(42-61-63(57,58)60-39-38-51(3,4)5)62-50(56)35-31-27-26-29-33-45-46(48(54)40-47(45)53)37-36-43(52)32-28-9-7-2/h12-13,15-16,36-37,43-46,48,52,54H,6-11,14,17-35,38-42H2,1-5H3/b13-12-,16-15-,37-36+/t43-,44+,45+,46+,48+/m0/s1. The van der Waals surface area contributed by atoms with Crippen LogP contribution in [0.1, 0.15) is 187 Å². The van der Waals surface area contributed by atoms with E-state index in [4.69, 9.17) is 18.5 Å². The number of aliphatic hydroxyl groups excluding tert-OH is 2. The molecule has 0 bridgehead atoms. The Balaban J connectivity index is 2.41. The summed E-state index contributed by atoms with van der Waals surface area (Å²) in [5, 5.41) is 20.8. The Bertz CT molecular complexity index is 1330. The Morgan fingerprint density at radius 3 is 1.94 bits per heavy atom. The van der Waals surface area contributed by atoms with Crippen molar-refractivity contribution in [1.82, 2.24) is 0 Å². The molecule has 1 unspecified atom stereocenters. The summed E-state index contributed by atoms with van der Waals surface area (Å²) < 4.78 is 34.0. The largest absolute Gasteiger partial charge is 0.756 e. The summed E-state index contributed by atoms with van der Waals surface area (Å²) in [6, 6.07) is 0. The van der Waals surface area contributed by atoms with Crippen LogP contribution < -0.4 is 4.89 Å². The third-order valence-corrected chi connectivity index (χ3v) is 12.5. The van der Waals surface area contributed by atoms with Crippen molar-refractivity contribution in [2.75, 3.05) is 47.5 Å². The first-order valence-corrected chi connectivity index (χ1v) is 26.3. The van der Waals surface area contributed by atoms with Crippen LogP contribution in [-0.4, -0.2) is 98.2 Å².